The normalized spacial score (nSPS) is 25.1. The zero-order chi connectivity index (χ0) is 25.7. The second kappa shape index (κ2) is 9.60. The van der Waals surface area contributed by atoms with Crippen molar-refractivity contribution in [3.8, 4) is 17.2 Å². The first-order chi connectivity index (χ1) is 18.0. The Morgan fingerprint density at radius 2 is 1.86 bits per heavy atom. The summed E-state index contributed by atoms with van der Waals surface area (Å²) in [5, 5.41) is 1.33. The van der Waals surface area contributed by atoms with E-state index in [2.05, 4.69) is 28.1 Å². The maximum Gasteiger partial charge on any atom is 0.338 e. The van der Waals surface area contributed by atoms with Gasteiger partial charge in [-0.15, -0.1) is 0 Å². The molecule has 1 saturated carbocycles. The molecule has 2 fully saturated rings. The second-order valence-electron chi connectivity index (χ2n) is 10.8. The van der Waals surface area contributed by atoms with Gasteiger partial charge >= 0.3 is 5.97 Å². The van der Waals surface area contributed by atoms with E-state index in [1.807, 2.05) is 13.0 Å². The van der Waals surface area contributed by atoms with E-state index in [0.29, 0.717) is 34.9 Å². The molecule has 6 rings (SSSR count). The number of aryl methyl sites for hydroxylation is 1. The average molecular weight is 505 g/mol. The highest BCUT2D eigenvalue weighted by Gasteiger charge is 2.43. The van der Waals surface area contributed by atoms with E-state index < -0.39 is 0 Å². The van der Waals surface area contributed by atoms with Crippen LogP contribution in [0.3, 0.4) is 0 Å². The molecule has 37 heavy (non-hydrogen) atoms. The number of ether oxygens (including phenoxy) is 4. The van der Waals surface area contributed by atoms with Crippen LogP contribution < -0.4 is 14.2 Å². The van der Waals surface area contributed by atoms with Crippen LogP contribution in [0.5, 0.6) is 17.2 Å². The highest BCUT2D eigenvalue weighted by Crippen LogP contribution is 2.47. The highest BCUT2D eigenvalue weighted by atomic mass is 16.5. The van der Waals surface area contributed by atoms with Crippen molar-refractivity contribution in [1.29, 1.82) is 0 Å². The minimum Gasteiger partial charge on any atom is -0.497 e. The summed E-state index contributed by atoms with van der Waals surface area (Å²) < 4.78 is 22.3. The summed E-state index contributed by atoms with van der Waals surface area (Å²) in [5.74, 6) is 3.03. The molecule has 0 spiro atoms. The van der Waals surface area contributed by atoms with Gasteiger partial charge in [0.05, 0.1) is 32.9 Å². The molecule has 196 valence electrons. The molecule has 3 heterocycles. The number of hydrogen-bond acceptors (Lipinski definition) is 6. The summed E-state index contributed by atoms with van der Waals surface area (Å²) in [6.07, 6.45) is 5.13. The number of aromatic amines is 1. The third-order valence-corrected chi connectivity index (χ3v) is 8.83. The van der Waals surface area contributed by atoms with Crippen LogP contribution in [-0.4, -0.2) is 56.4 Å². The molecule has 3 aliphatic rings. The summed E-state index contributed by atoms with van der Waals surface area (Å²) >= 11 is 0. The molecule has 7 heteroatoms. The van der Waals surface area contributed by atoms with Gasteiger partial charge in [-0.05, 0) is 86.3 Å². The Balaban J connectivity index is 1.15. The van der Waals surface area contributed by atoms with Crippen LogP contribution in [0.1, 0.15) is 58.9 Å². The van der Waals surface area contributed by atoms with Crippen molar-refractivity contribution in [1.82, 2.24) is 9.88 Å². The Morgan fingerprint density at radius 3 is 2.65 bits per heavy atom. The predicted octanol–water partition coefficient (Wildman–Crippen LogP) is 5.45. The fraction of sp³-hybridized carbons (Fsp3) is 0.500. The van der Waals surface area contributed by atoms with Crippen LogP contribution in [0, 0.1) is 18.8 Å². The maximum absolute atomic E-state index is 13.0. The van der Waals surface area contributed by atoms with E-state index in [-0.39, 0.29) is 12.1 Å². The largest absolute Gasteiger partial charge is 0.497 e. The molecule has 3 aromatic rings. The van der Waals surface area contributed by atoms with Crippen molar-refractivity contribution in [2.75, 3.05) is 34.4 Å². The molecule has 0 radical (unpaired) electrons. The lowest BCUT2D eigenvalue weighted by Gasteiger charge is -2.49. The number of H-pyrrole nitrogens is 1. The fourth-order valence-electron chi connectivity index (χ4n) is 7.02. The third kappa shape index (κ3) is 4.23. The van der Waals surface area contributed by atoms with Gasteiger partial charge in [0.1, 0.15) is 11.9 Å². The molecule has 2 unspecified atom stereocenters. The molecule has 4 atom stereocenters. The van der Waals surface area contributed by atoms with Crippen LogP contribution in [0.4, 0.5) is 0 Å². The van der Waals surface area contributed by atoms with Gasteiger partial charge in [0, 0.05) is 35.8 Å². The highest BCUT2D eigenvalue weighted by molar-refractivity contribution is 5.91. The average Bonchev–Trinajstić information content (AvgIpc) is 3.29. The van der Waals surface area contributed by atoms with Crippen LogP contribution in [-0.2, 0) is 11.2 Å². The van der Waals surface area contributed by atoms with Gasteiger partial charge in [-0.25, -0.2) is 4.79 Å². The number of methoxy groups -OCH3 is 3. The topological polar surface area (TPSA) is 73.0 Å². The molecule has 7 nitrogen and oxygen atoms in total. The van der Waals surface area contributed by atoms with Gasteiger partial charge in [-0.1, -0.05) is 0 Å². The van der Waals surface area contributed by atoms with Crippen molar-refractivity contribution in [2.45, 2.75) is 51.2 Å². The Bertz CT molecular complexity index is 1330. The number of hydrogen-bond donors (Lipinski definition) is 1. The lowest BCUT2D eigenvalue weighted by Crippen LogP contribution is -2.48. The van der Waals surface area contributed by atoms with E-state index in [0.717, 1.165) is 56.5 Å². The van der Waals surface area contributed by atoms with Crippen molar-refractivity contribution in [3.63, 3.8) is 0 Å². The zero-order valence-electron chi connectivity index (χ0n) is 22.1. The van der Waals surface area contributed by atoms with Gasteiger partial charge in [-0.2, -0.15) is 0 Å². The number of fused-ring (bicyclic) bond motifs is 6. The first kappa shape index (κ1) is 24.2. The van der Waals surface area contributed by atoms with E-state index >= 15 is 0 Å². The molecule has 1 N–H and O–H groups in total. The number of nitrogens with one attached hydrogen (secondary N) is 1. The van der Waals surface area contributed by atoms with Gasteiger partial charge in [0.15, 0.2) is 11.5 Å². The Morgan fingerprint density at radius 1 is 1.00 bits per heavy atom. The molecular weight excluding hydrogens is 468 g/mol. The Hall–Kier alpha value is -3.19. The van der Waals surface area contributed by atoms with E-state index in [1.54, 1.807) is 27.4 Å². The molecule has 2 aromatic carbocycles. The second-order valence-corrected chi connectivity index (χ2v) is 10.8. The fourth-order valence-corrected chi connectivity index (χ4v) is 7.02. The molecule has 0 bridgehead atoms. The van der Waals surface area contributed by atoms with E-state index in [1.165, 1.54) is 22.2 Å². The number of benzene rings is 2. The number of aromatic nitrogens is 1. The number of carbonyl (C=O) groups excluding carboxylic acids is 1. The molecule has 2 aliphatic heterocycles. The quantitative estimate of drug-likeness (QED) is 0.466. The molecule has 0 amide bonds. The van der Waals surface area contributed by atoms with Crippen molar-refractivity contribution in [2.24, 2.45) is 11.8 Å². The summed E-state index contributed by atoms with van der Waals surface area (Å²) in [6, 6.07) is 10.4. The molecule has 1 aliphatic carbocycles. The van der Waals surface area contributed by atoms with E-state index in [4.69, 9.17) is 18.9 Å². The first-order valence-corrected chi connectivity index (χ1v) is 13.3. The van der Waals surface area contributed by atoms with Crippen molar-refractivity contribution < 1.29 is 23.7 Å². The lowest BCUT2D eigenvalue weighted by atomic mass is 9.70. The third-order valence-electron chi connectivity index (χ3n) is 8.83. The molecule has 1 aromatic heterocycles. The van der Waals surface area contributed by atoms with Gasteiger partial charge in [0.25, 0.3) is 0 Å². The standard InChI is InChI=1S/C30H36N2O5/c1-17-11-19(14-27(35-3)29(17)36-4)30(33)37-22-6-5-18-13-26-28-24(9-10-32(26)16-20(18)12-22)23-8-7-21(34-2)15-25(23)31-28/h7-8,11,14-15,18,20,22,26,31H,5-6,9-10,12-13,16H2,1-4H3/t18-,20+,22?,26?/m0/s1. The van der Waals surface area contributed by atoms with Crippen LogP contribution in [0.25, 0.3) is 10.9 Å². The number of carbonyl (C=O) groups is 1. The summed E-state index contributed by atoms with van der Waals surface area (Å²) in [5.41, 5.74) is 5.42. The van der Waals surface area contributed by atoms with E-state index in [9.17, 15) is 4.79 Å². The molecular formula is C30H36N2O5. The Labute approximate surface area is 218 Å². The maximum atomic E-state index is 13.0. The monoisotopic (exact) mass is 504 g/mol. The van der Waals surface area contributed by atoms with Gasteiger partial charge < -0.3 is 23.9 Å². The SMILES string of the molecule is COc1ccc2c3c([nH]c2c1)C1C[C@@H]2CCC(OC(=O)c4cc(C)c(OC)c(OC)c4)C[C@@H]2CN1CC3. The van der Waals surface area contributed by atoms with Crippen molar-refractivity contribution >= 4 is 16.9 Å². The summed E-state index contributed by atoms with van der Waals surface area (Å²) in [6.45, 7) is 4.06. The van der Waals surface area contributed by atoms with Crippen LogP contribution in [0.2, 0.25) is 0 Å². The van der Waals surface area contributed by atoms with Gasteiger partial charge in [-0.3, -0.25) is 4.90 Å². The smallest absolute Gasteiger partial charge is 0.338 e. The summed E-state index contributed by atoms with van der Waals surface area (Å²) in [4.78, 5) is 19.4. The first-order valence-electron chi connectivity index (χ1n) is 13.3. The lowest BCUT2D eigenvalue weighted by molar-refractivity contribution is -0.0280. The minimum absolute atomic E-state index is 0.0420. The van der Waals surface area contributed by atoms with Crippen LogP contribution >= 0.6 is 0 Å². The zero-order valence-corrected chi connectivity index (χ0v) is 22.1. The summed E-state index contributed by atoms with van der Waals surface area (Å²) in [7, 11) is 4.91. The Kier molecular flexibility index (Phi) is 6.27. The number of esters is 1. The number of nitrogens with zero attached hydrogens (tertiary/aromatic N) is 1. The van der Waals surface area contributed by atoms with Crippen molar-refractivity contribution in [3.05, 3.63) is 52.7 Å². The minimum atomic E-state index is -0.280. The van der Waals surface area contributed by atoms with Crippen LogP contribution in [0.15, 0.2) is 30.3 Å². The number of rotatable bonds is 5. The van der Waals surface area contributed by atoms with Gasteiger partial charge in [0.2, 0.25) is 0 Å². The number of piperidine rings is 1. The predicted molar refractivity (Wildman–Crippen MR) is 142 cm³/mol. The molecule has 1 saturated heterocycles.